The summed E-state index contributed by atoms with van der Waals surface area (Å²) in [5, 5.41) is 13.6. The molecule has 2 rings (SSSR count). The molecule has 0 aliphatic rings. The highest BCUT2D eigenvalue weighted by molar-refractivity contribution is 6.31. The maximum Gasteiger partial charge on any atom is 0.271 e. The Morgan fingerprint density at radius 3 is 2.70 bits per heavy atom. The number of hydrogen-bond acceptors (Lipinski definition) is 4. The highest BCUT2D eigenvalue weighted by Gasteiger charge is 2.12. The fourth-order valence-corrected chi connectivity index (χ4v) is 1.79. The predicted octanol–water partition coefficient (Wildman–Crippen LogP) is 3.08. The molecule has 0 heterocycles. The maximum atomic E-state index is 12.0. The number of nitrogens with one attached hydrogen (secondary N) is 1. The van der Waals surface area contributed by atoms with E-state index in [-0.39, 0.29) is 16.9 Å². The standard InChI is InChI=1S/C13H10ClN3O3/c14-8-4-5-12(15)11(6-8)13(18)16-9-2-1-3-10(7-9)17(19)20/h1-7H,15H2,(H,16,18). The van der Waals surface area contributed by atoms with Gasteiger partial charge in [0.15, 0.2) is 0 Å². The maximum absolute atomic E-state index is 12.0. The van der Waals surface area contributed by atoms with Gasteiger partial charge in [-0.15, -0.1) is 0 Å². The Morgan fingerprint density at radius 2 is 2.00 bits per heavy atom. The summed E-state index contributed by atoms with van der Waals surface area (Å²) in [6, 6.07) is 10.2. The first-order valence-corrected chi connectivity index (χ1v) is 5.96. The molecule has 20 heavy (non-hydrogen) atoms. The highest BCUT2D eigenvalue weighted by atomic mass is 35.5. The van der Waals surface area contributed by atoms with E-state index in [0.717, 1.165) is 0 Å². The quantitative estimate of drug-likeness (QED) is 0.516. The first kappa shape index (κ1) is 13.8. The molecule has 0 aromatic heterocycles. The summed E-state index contributed by atoms with van der Waals surface area (Å²) in [4.78, 5) is 22.2. The molecule has 0 aliphatic carbocycles. The summed E-state index contributed by atoms with van der Waals surface area (Å²) < 4.78 is 0. The Hall–Kier alpha value is -2.60. The second-order valence-corrected chi connectivity index (χ2v) is 4.43. The Labute approximate surface area is 119 Å². The molecule has 0 unspecified atom stereocenters. The molecular formula is C13H10ClN3O3. The first-order chi connectivity index (χ1) is 9.47. The van der Waals surface area contributed by atoms with Crippen molar-refractivity contribution in [2.45, 2.75) is 0 Å². The monoisotopic (exact) mass is 291 g/mol. The molecule has 0 saturated heterocycles. The number of hydrogen-bond donors (Lipinski definition) is 2. The van der Waals surface area contributed by atoms with Gasteiger partial charge in [0.05, 0.1) is 10.5 Å². The minimum atomic E-state index is -0.538. The fourth-order valence-electron chi connectivity index (χ4n) is 1.62. The van der Waals surface area contributed by atoms with Crippen LogP contribution in [0.2, 0.25) is 5.02 Å². The highest BCUT2D eigenvalue weighted by Crippen LogP contribution is 2.21. The van der Waals surface area contributed by atoms with Crippen molar-refractivity contribution in [2.75, 3.05) is 11.1 Å². The summed E-state index contributed by atoms with van der Waals surface area (Å²) in [5.74, 6) is -0.481. The average molecular weight is 292 g/mol. The van der Waals surface area contributed by atoms with Crippen molar-refractivity contribution in [3.63, 3.8) is 0 Å². The summed E-state index contributed by atoms with van der Waals surface area (Å²) >= 11 is 5.81. The third-order valence-corrected chi connectivity index (χ3v) is 2.81. The number of non-ortho nitro benzene ring substituents is 1. The first-order valence-electron chi connectivity index (χ1n) is 5.58. The van der Waals surface area contributed by atoms with Gasteiger partial charge in [0.1, 0.15) is 0 Å². The topological polar surface area (TPSA) is 98.3 Å². The molecule has 6 nitrogen and oxygen atoms in total. The van der Waals surface area contributed by atoms with E-state index in [1.807, 2.05) is 0 Å². The van der Waals surface area contributed by atoms with Gasteiger partial charge in [-0.05, 0) is 24.3 Å². The Bertz CT molecular complexity index is 688. The number of nitrogen functional groups attached to an aromatic ring is 1. The van der Waals surface area contributed by atoms with E-state index >= 15 is 0 Å². The lowest BCUT2D eigenvalue weighted by Gasteiger charge is -2.07. The van der Waals surface area contributed by atoms with Crippen LogP contribution >= 0.6 is 11.6 Å². The van der Waals surface area contributed by atoms with Crippen molar-refractivity contribution in [1.29, 1.82) is 0 Å². The van der Waals surface area contributed by atoms with Crippen LogP contribution in [0.3, 0.4) is 0 Å². The number of halogens is 1. The molecule has 102 valence electrons. The van der Waals surface area contributed by atoms with Gasteiger partial charge < -0.3 is 11.1 Å². The van der Waals surface area contributed by atoms with Gasteiger partial charge >= 0.3 is 0 Å². The van der Waals surface area contributed by atoms with Crippen molar-refractivity contribution in [2.24, 2.45) is 0 Å². The minimum absolute atomic E-state index is 0.109. The average Bonchev–Trinajstić information content (AvgIpc) is 2.41. The van der Waals surface area contributed by atoms with Crippen molar-refractivity contribution in [3.8, 4) is 0 Å². The molecular weight excluding hydrogens is 282 g/mol. The zero-order chi connectivity index (χ0) is 14.7. The van der Waals surface area contributed by atoms with Gasteiger partial charge in [-0.2, -0.15) is 0 Å². The summed E-state index contributed by atoms with van der Waals surface area (Å²) in [5.41, 5.74) is 6.38. The van der Waals surface area contributed by atoms with E-state index in [1.165, 1.54) is 30.3 Å². The van der Waals surface area contributed by atoms with E-state index in [1.54, 1.807) is 12.1 Å². The Balaban J connectivity index is 2.25. The van der Waals surface area contributed by atoms with Crippen LogP contribution < -0.4 is 11.1 Å². The van der Waals surface area contributed by atoms with Crippen LogP contribution in [0.1, 0.15) is 10.4 Å². The van der Waals surface area contributed by atoms with E-state index in [2.05, 4.69) is 5.32 Å². The van der Waals surface area contributed by atoms with Crippen molar-refractivity contribution in [3.05, 3.63) is 63.2 Å². The molecule has 3 N–H and O–H groups in total. The molecule has 0 spiro atoms. The zero-order valence-electron chi connectivity index (χ0n) is 10.2. The second-order valence-electron chi connectivity index (χ2n) is 3.99. The Morgan fingerprint density at radius 1 is 1.25 bits per heavy atom. The lowest BCUT2D eigenvalue weighted by Crippen LogP contribution is -2.14. The number of benzene rings is 2. The van der Waals surface area contributed by atoms with Crippen LogP contribution in [0, 0.1) is 10.1 Å². The second kappa shape index (κ2) is 5.58. The number of nitrogens with zero attached hydrogens (tertiary/aromatic N) is 1. The number of amides is 1. The number of carbonyl (C=O) groups excluding carboxylic acids is 1. The molecule has 0 aliphatic heterocycles. The number of nitro groups is 1. The zero-order valence-corrected chi connectivity index (χ0v) is 10.9. The molecule has 2 aromatic rings. The van der Waals surface area contributed by atoms with Crippen LogP contribution in [-0.4, -0.2) is 10.8 Å². The molecule has 0 bridgehead atoms. The van der Waals surface area contributed by atoms with Crippen molar-refractivity contribution in [1.82, 2.24) is 0 Å². The van der Waals surface area contributed by atoms with Crippen LogP contribution in [0.4, 0.5) is 17.1 Å². The number of rotatable bonds is 3. The van der Waals surface area contributed by atoms with Gasteiger partial charge in [0.25, 0.3) is 11.6 Å². The molecule has 1 amide bonds. The van der Waals surface area contributed by atoms with Gasteiger partial charge in [0.2, 0.25) is 0 Å². The lowest BCUT2D eigenvalue weighted by molar-refractivity contribution is -0.384. The molecule has 7 heteroatoms. The fraction of sp³-hybridized carbons (Fsp3) is 0. The van der Waals surface area contributed by atoms with Crippen LogP contribution in [0.25, 0.3) is 0 Å². The van der Waals surface area contributed by atoms with E-state index in [4.69, 9.17) is 17.3 Å². The SMILES string of the molecule is Nc1ccc(Cl)cc1C(=O)Nc1cccc([N+](=O)[O-])c1. The molecule has 0 atom stereocenters. The number of nitrogens with two attached hydrogens (primary N) is 1. The smallest absolute Gasteiger partial charge is 0.271 e. The lowest BCUT2D eigenvalue weighted by atomic mass is 10.1. The summed E-state index contributed by atoms with van der Waals surface area (Å²) in [6.07, 6.45) is 0. The van der Waals surface area contributed by atoms with E-state index in [9.17, 15) is 14.9 Å². The van der Waals surface area contributed by atoms with Gasteiger partial charge in [0, 0.05) is 28.5 Å². The number of nitro benzene ring substituents is 1. The summed E-state index contributed by atoms with van der Waals surface area (Å²) in [6.45, 7) is 0. The number of carbonyl (C=O) groups is 1. The molecule has 0 saturated carbocycles. The number of anilines is 2. The third kappa shape index (κ3) is 3.04. The van der Waals surface area contributed by atoms with Crippen LogP contribution in [0.15, 0.2) is 42.5 Å². The largest absolute Gasteiger partial charge is 0.398 e. The molecule has 0 radical (unpaired) electrons. The molecule has 0 fully saturated rings. The van der Waals surface area contributed by atoms with Gasteiger partial charge in [-0.3, -0.25) is 14.9 Å². The van der Waals surface area contributed by atoms with Gasteiger partial charge in [-0.25, -0.2) is 0 Å². The normalized spacial score (nSPS) is 10.1. The molecule has 2 aromatic carbocycles. The van der Waals surface area contributed by atoms with Crippen LogP contribution in [-0.2, 0) is 0 Å². The van der Waals surface area contributed by atoms with Crippen molar-refractivity contribution < 1.29 is 9.72 Å². The third-order valence-electron chi connectivity index (χ3n) is 2.57. The minimum Gasteiger partial charge on any atom is -0.398 e. The summed E-state index contributed by atoms with van der Waals surface area (Å²) in [7, 11) is 0. The van der Waals surface area contributed by atoms with Crippen molar-refractivity contribution >= 4 is 34.6 Å². The van der Waals surface area contributed by atoms with E-state index < -0.39 is 10.8 Å². The predicted molar refractivity (Wildman–Crippen MR) is 76.9 cm³/mol. The van der Waals surface area contributed by atoms with E-state index in [0.29, 0.717) is 10.7 Å². The Kier molecular flexibility index (Phi) is 3.86. The van der Waals surface area contributed by atoms with Gasteiger partial charge in [-0.1, -0.05) is 17.7 Å². The van der Waals surface area contributed by atoms with Crippen LogP contribution in [0.5, 0.6) is 0 Å².